The van der Waals surface area contributed by atoms with Gasteiger partial charge < -0.3 is 14.8 Å². The van der Waals surface area contributed by atoms with Gasteiger partial charge in [0.05, 0.1) is 18.2 Å². The lowest BCUT2D eigenvalue weighted by atomic mass is 9.86. The summed E-state index contributed by atoms with van der Waals surface area (Å²) in [4.78, 5) is 0. The topological polar surface area (TPSA) is 30.5 Å². The molecule has 4 heteroatoms. The van der Waals surface area contributed by atoms with E-state index in [0.29, 0.717) is 0 Å². The molecule has 3 nitrogen and oxygen atoms in total. The van der Waals surface area contributed by atoms with E-state index in [9.17, 15) is 0 Å². The summed E-state index contributed by atoms with van der Waals surface area (Å²) in [5, 5.41) is 4.17. The van der Waals surface area contributed by atoms with Crippen molar-refractivity contribution < 1.29 is 9.47 Å². The second kappa shape index (κ2) is 4.97. The molecular formula is C15H20ClNO2. The fourth-order valence-corrected chi connectivity index (χ4v) is 3.58. The molecular weight excluding hydrogens is 262 g/mol. The highest BCUT2D eigenvalue weighted by atomic mass is 35.5. The number of benzene rings is 1. The molecule has 0 amide bonds. The van der Waals surface area contributed by atoms with Crippen LogP contribution in [0.1, 0.15) is 36.9 Å². The second-order valence-corrected chi connectivity index (χ2v) is 6.00. The van der Waals surface area contributed by atoms with Crippen LogP contribution in [0.4, 0.5) is 0 Å². The number of nitrogens with one attached hydrogen (secondary N) is 1. The van der Waals surface area contributed by atoms with Gasteiger partial charge in [0.1, 0.15) is 5.75 Å². The highest BCUT2D eigenvalue weighted by molar-refractivity contribution is 6.30. The first-order valence-corrected chi connectivity index (χ1v) is 7.28. The average molecular weight is 282 g/mol. The van der Waals surface area contributed by atoms with Gasteiger partial charge in [-0.05, 0) is 44.5 Å². The molecule has 104 valence electrons. The first kappa shape index (κ1) is 13.2. The number of rotatable bonds is 3. The summed E-state index contributed by atoms with van der Waals surface area (Å²) < 4.78 is 11.8. The zero-order valence-electron chi connectivity index (χ0n) is 11.5. The fraction of sp³-hybridized carbons (Fsp3) is 0.600. The van der Waals surface area contributed by atoms with Gasteiger partial charge in [-0.25, -0.2) is 0 Å². The monoisotopic (exact) mass is 281 g/mol. The molecule has 2 atom stereocenters. The Balaban J connectivity index is 2.04. The van der Waals surface area contributed by atoms with Crippen molar-refractivity contribution in [2.75, 3.05) is 20.3 Å². The average Bonchev–Trinajstić information content (AvgIpc) is 2.99. The Hall–Kier alpha value is -0.770. The lowest BCUT2D eigenvalue weighted by Crippen LogP contribution is -2.39. The van der Waals surface area contributed by atoms with E-state index in [1.54, 1.807) is 0 Å². The number of halogens is 1. The van der Waals surface area contributed by atoms with E-state index in [1.165, 1.54) is 5.56 Å². The molecule has 0 aliphatic carbocycles. The van der Waals surface area contributed by atoms with Gasteiger partial charge in [0.25, 0.3) is 0 Å². The van der Waals surface area contributed by atoms with Crippen LogP contribution in [0, 0.1) is 0 Å². The Morgan fingerprint density at radius 3 is 2.89 bits per heavy atom. The number of hydrogen-bond acceptors (Lipinski definition) is 3. The van der Waals surface area contributed by atoms with E-state index >= 15 is 0 Å². The van der Waals surface area contributed by atoms with Crippen molar-refractivity contribution in [1.29, 1.82) is 0 Å². The van der Waals surface area contributed by atoms with Crippen LogP contribution < -0.4 is 10.1 Å². The van der Waals surface area contributed by atoms with Crippen LogP contribution in [-0.4, -0.2) is 25.9 Å². The van der Waals surface area contributed by atoms with Crippen LogP contribution in [0.3, 0.4) is 0 Å². The van der Waals surface area contributed by atoms with E-state index in [-0.39, 0.29) is 11.6 Å². The van der Waals surface area contributed by atoms with E-state index in [1.807, 2.05) is 19.2 Å². The number of hydrogen-bond donors (Lipinski definition) is 1. The molecule has 2 unspecified atom stereocenters. The number of fused-ring (bicyclic) bond motifs is 1. The van der Waals surface area contributed by atoms with Crippen molar-refractivity contribution in [3.8, 4) is 5.75 Å². The van der Waals surface area contributed by atoms with Gasteiger partial charge >= 0.3 is 0 Å². The molecule has 0 spiro atoms. The Morgan fingerprint density at radius 1 is 1.37 bits per heavy atom. The molecule has 19 heavy (non-hydrogen) atoms. The lowest BCUT2D eigenvalue weighted by Gasteiger charge is -2.34. The van der Waals surface area contributed by atoms with Crippen LogP contribution in [0.25, 0.3) is 0 Å². The SMILES string of the molecule is CNC(c1cc(Cl)cc2c1OCC2)C1(C)CCCO1. The second-order valence-electron chi connectivity index (χ2n) is 5.57. The van der Waals surface area contributed by atoms with Crippen LogP contribution in [0.2, 0.25) is 5.02 Å². The molecule has 3 rings (SSSR count). The third kappa shape index (κ3) is 2.24. The van der Waals surface area contributed by atoms with Crippen molar-refractivity contribution in [2.45, 2.75) is 37.8 Å². The smallest absolute Gasteiger partial charge is 0.127 e. The van der Waals surface area contributed by atoms with Crippen molar-refractivity contribution >= 4 is 11.6 Å². The molecule has 2 heterocycles. The predicted octanol–water partition coefficient (Wildman–Crippen LogP) is 3.10. The van der Waals surface area contributed by atoms with Gasteiger partial charge in [-0.15, -0.1) is 0 Å². The van der Waals surface area contributed by atoms with E-state index in [2.05, 4.69) is 12.2 Å². The summed E-state index contributed by atoms with van der Waals surface area (Å²) >= 11 is 6.26. The zero-order chi connectivity index (χ0) is 13.5. The summed E-state index contributed by atoms with van der Waals surface area (Å²) in [5.41, 5.74) is 2.16. The van der Waals surface area contributed by atoms with E-state index in [0.717, 1.165) is 48.8 Å². The van der Waals surface area contributed by atoms with Crippen molar-refractivity contribution in [2.24, 2.45) is 0 Å². The zero-order valence-corrected chi connectivity index (χ0v) is 12.2. The lowest BCUT2D eigenvalue weighted by molar-refractivity contribution is -0.0110. The molecule has 1 aromatic carbocycles. The molecule has 2 aliphatic heterocycles. The molecule has 0 bridgehead atoms. The third-order valence-corrected chi connectivity index (χ3v) is 4.46. The molecule has 1 fully saturated rings. The number of likely N-dealkylation sites (N-methyl/N-ethyl adjacent to an activating group) is 1. The Morgan fingerprint density at radius 2 is 2.21 bits per heavy atom. The summed E-state index contributed by atoms with van der Waals surface area (Å²) in [6, 6.07) is 4.14. The van der Waals surface area contributed by atoms with Crippen molar-refractivity contribution in [1.82, 2.24) is 5.32 Å². The first-order chi connectivity index (χ1) is 9.14. The third-order valence-electron chi connectivity index (χ3n) is 4.24. The molecule has 1 aromatic rings. The summed E-state index contributed by atoms with van der Waals surface area (Å²) in [6.07, 6.45) is 3.11. The maximum atomic E-state index is 6.26. The van der Waals surface area contributed by atoms with Crippen LogP contribution in [-0.2, 0) is 11.2 Å². The Kier molecular flexibility index (Phi) is 3.46. The van der Waals surface area contributed by atoms with E-state index in [4.69, 9.17) is 21.1 Å². The highest BCUT2D eigenvalue weighted by Gasteiger charge is 2.40. The normalized spacial score (nSPS) is 27.1. The largest absolute Gasteiger partial charge is 0.493 e. The first-order valence-electron chi connectivity index (χ1n) is 6.90. The standard InChI is InChI=1S/C15H20ClNO2/c1-15(5-3-6-19-15)14(17-2)12-9-11(16)8-10-4-7-18-13(10)12/h8-9,14,17H,3-7H2,1-2H3. The molecule has 1 N–H and O–H groups in total. The van der Waals surface area contributed by atoms with Gasteiger partial charge in [0.15, 0.2) is 0 Å². The van der Waals surface area contributed by atoms with Gasteiger partial charge in [-0.1, -0.05) is 11.6 Å². The summed E-state index contributed by atoms with van der Waals surface area (Å²) in [5.74, 6) is 1.00. The molecule has 1 saturated heterocycles. The maximum absolute atomic E-state index is 6.26. The fourth-order valence-electron chi connectivity index (χ4n) is 3.33. The summed E-state index contributed by atoms with van der Waals surface area (Å²) in [6.45, 7) is 3.75. The minimum absolute atomic E-state index is 0.112. The highest BCUT2D eigenvalue weighted by Crippen LogP contribution is 2.44. The number of ether oxygens (including phenoxy) is 2. The Bertz CT molecular complexity index is 483. The predicted molar refractivity (Wildman–Crippen MR) is 76.0 cm³/mol. The van der Waals surface area contributed by atoms with Crippen LogP contribution >= 0.6 is 11.6 Å². The summed E-state index contributed by atoms with van der Waals surface area (Å²) in [7, 11) is 1.97. The van der Waals surface area contributed by atoms with Gasteiger partial charge in [0.2, 0.25) is 0 Å². The molecule has 0 aromatic heterocycles. The molecule has 0 radical (unpaired) electrons. The van der Waals surface area contributed by atoms with Crippen LogP contribution in [0.5, 0.6) is 5.75 Å². The minimum Gasteiger partial charge on any atom is -0.493 e. The van der Waals surface area contributed by atoms with Gasteiger partial charge in [-0.2, -0.15) is 0 Å². The van der Waals surface area contributed by atoms with Crippen molar-refractivity contribution in [3.63, 3.8) is 0 Å². The molecule has 0 saturated carbocycles. The Labute approximate surface area is 119 Å². The van der Waals surface area contributed by atoms with Gasteiger partial charge in [0, 0.05) is 23.6 Å². The maximum Gasteiger partial charge on any atom is 0.127 e. The van der Waals surface area contributed by atoms with Crippen molar-refractivity contribution in [3.05, 3.63) is 28.3 Å². The minimum atomic E-state index is -0.181. The van der Waals surface area contributed by atoms with Crippen LogP contribution in [0.15, 0.2) is 12.1 Å². The quantitative estimate of drug-likeness (QED) is 0.923. The van der Waals surface area contributed by atoms with E-state index < -0.39 is 0 Å². The van der Waals surface area contributed by atoms with Gasteiger partial charge in [-0.3, -0.25) is 0 Å². The molecule has 2 aliphatic rings.